The van der Waals surface area contributed by atoms with E-state index < -0.39 is 6.57 Å². The molecular weight excluding hydrogens is 227 g/mol. The van der Waals surface area contributed by atoms with E-state index in [-0.39, 0.29) is 0 Å². The Morgan fingerprint density at radius 1 is 1.27 bits per heavy atom. The average Bonchev–Trinajstić information content (AvgIpc) is 2.28. The fourth-order valence-electron chi connectivity index (χ4n) is 1.18. The van der Waals surface area contributed by atoms with Gasteiger partial charge in [0.1, 0.15) is 0 Å². The summed E-state index contributed by atoms with van der Waals surface area (Å²) in [6.07, 6.45) is 1.01. The van der Waals surface area contributed by atoms with Gasteiger partial charge in [0.05, 0.1) is 6.61 Å². The molecule has 2 nitrogen and oxygen atoms in total. The molecule has 1 aromatic rings. The highest BCUT2D eigenvalue weighted by molar-refractivity contribution is 8.58. The molecule has 4 heteroatoms. The summed E-state index contributed by atoms with van der Waals surface area (Å²) in [5.41, 5.74) is 0. The fourth-order valence-corrected chi connectivity index (χ4v) is 5.47. The van der Waals surface area contributed by atoms with E-state index in [1.165, 1.54) is 11.4 Å². The number of hydrogen-bond acceptors (Lipinski definition) is 3. The van der Waals surface area contributed by atoms with Crippen molar-refractivity contribution >= 4 is 23.3 Å². The van der Waals surface area contributed by atoms with Gasteiger partial charge in [-0.15, -0.1) is 0 Å². The van der Waals surface area contributed by atoms with E-state index in [2.05, 4.69) is 6.92 Å². The monoisotopic (exact) mass is 244 g/mol. The highest BCUT2D eigenvalue weighted by Crippen LogP contribution is 2.58. The Balaban J connectivity index is 2.86. The molecule has 0 aromatic heterocycles. The largest absolute Gasteiger partial charge is 0.318 e. The molecule has 0 fully saturated rings. The van der Waals surface area contributed by atoms with Crippen LogP contribution in [0.5, 0.6) is 0 Å². The van der Waals surface area contributed by atoms with Crippen molar-refractivity contribution in [2.24, 2.45) is 0 Å². The molecule has 0 heterocycles. The van der Waals surface area contributed by atoms with Gasteiger partial charge in [0.25, 0.3) is 6.57 Å². The third-order valence-corrected chi connectivity index (χ3v) is 6.81. The lowest BCUT2D eigenvalue weighted by Crippen LogP contribution is -2.04. The second kappa shape index (κ2) is 6.37. The fraction of sp³-hybridized carbons (Fsp3) is 0.455. The summed E-state index contributed by atoms with van der Waals surface area (Å²) in [6, 6.07) is 9.46. The summed E-state index contributed by atoms with van der Waals surface area (Å²) in [5.74, 6) is 0.867. The Morgan fingerprint density at radius 2 is 1.93 bits per heavy atom. The van der Waals surface area contributed by atoms with E-state index in [9.17, 15) is 4.57 Å². The van der Waals surface area contributed by atoms with E-state index in [0.717, 1.165) is 17.5 Å². The topological polar surface area (TPSA) is 26.3 Å². The van der Waals surface area contributed by atoms with Crippen LogP contribution in [0.15, 0.2) is 30.3 Å². The first-order valence-electron chi connectivity index (χ1n) is 5.17. The third-order valence-electron chi connectivity index (χ3n) is 1.84. The summed E-state index contributed by atoms with van der Waals surface area (Å²) < 4.78 is 18.0. The van der Waals surface area contributed by atoms with Crippen LogP contribution in [0.3, 0.4) is 0 Å². The maximum Gasteiger partial charge on any atom is 0.287 e. The predicted molar refractivity (Wildman–Crippen MR) is 68.1 cm³/mol. The van der Waals surface area contributed by atoms with Gasteiger partial charge in [-0.05, 0) is 25.5 Å². The molecule has 0 radical (unpaired) electrons. The van der Waals surface area contributed by atoms with E-state index in [4.69, 9.17) is 4.52 Å². The van der Waals surface area contributed by atoms with Gasteiger partial charge in [0.15, 0.2) is 0 Å². The van der Waals surface area contributed by atoms with Crippen LogP contribution in [0.25, 0.3) is 0 Å². The summed E-state index contributed by atoms with van der Waals surface area (Å²) >= 11 is 1.43. The Kier molecular flexibility index (Phi) is 5.44. The van der Waals surface area contributed by atoms with Crippen LogP contribution in [-0.4, -0.2) is 12.4 Å². The summed E-state index contributed by atoms with van der Waals surface area (Å²) in [5, 5.41) is 0.810. The minimum atomic E-state index is -2.67. The van der Waals surface area contributed by atoms with E-state index >= 15 is 0 Å². The first kappa shape index (κ1) is 12.8. The van der Waals surface area contributed by atoms with E-state index in [0.29, 0.717) is 6.61 Å². The van der Waals surface area contributed by atoms with Gasteiger partial charge < -0.3 is 4.52 Å². The third kappa shape index (κ3) is 3.67. The lowest BCUT2D eigenvalue weighted by Gasteiger charge is -2.16. The molecule has 0 N–H and O–H groups in total. The molecule has 1 aromatic carbocycles. The molecule has 0 aliphatic carbocycles. The normalized spacial score (nSPS) is 14.8. The highest BCUT2D eigenvalue weighted by atomic mass is 32.7. The lowest BCUT2D eigenvalue weighted by atomic mass is 10.4. The first-order chi connectivity index (χ1) is 7.23. The van der Waals surface area contributed by atoms with Crippen molar-refractivity contribution in [1.29, 1.82) is 0 Å². The van der Waals surface area contributed by atoms with Gasteiger partial charge in [0, 0.05) is 11.1 Å². The maximum absolute atomic E-state index is 12.5. The van der Waals surface area contributed by atoms with Gasteiger partial charge in [-0.2, -0.15) is 0 Å². The second-order valence-corrected chi connectivity index (χ2v) is 7.74. The quantitative estimate of drug-likeness (QED) is 0.714. The SMILES string of the molecule is CCCSP(=O)(OCC)c1ccccc1. The van der Waals surface area contributed by atoms with Crippen molar-refractivity contribution in [3.63, 3.8) is 0 Å². The van der Waals surface area contributed by atoms with Crippen molar-refractivity contribution in [2.45, 2.75) is 20.3 Å². The number of rotatable bonds is 6. The average molecular weight is 244 g/mol. The van der Waals surface area contributed by atoms with Gasteiger partial charge in [-0.3, -0.25) is 4.57 Å². The van der Waals surface area contributed by atoms with Crippen molar-refractivity contribution in [1.82, 2.24) is 0 Å². The van der Waals surface area contributed by atoms with E-state index in [1.54, 1.807) is 0 Å². The summed E-state index contributed by atoms with van der Waals surface area (Å²) in [4.78, 5) is 0. The Morgan fingerprint density at radius 3 is 2.47 bits per heavy atom. The zero-order valence-corrected chi connectivity index (χ0v) is 10.9. The van der Waals surface area contributed by atoms with Crippen LogP contribution in [0.1, 0.15) is 20.3 Å². The van der Waals surface area contributed by atoms with Gasteiger partial charge >= 0.3 is 0 Å². The van der Waals surface area contributed by atoms with Crippen LogP contribution in [-0.2, 0) is 9.09 Å². The molecule has 0 bridgehead atoms. The van der Waals surface area contributed by atoms with E-state index in [1.807, 2.05) is 37.3 Å². The maximum atomic E-state index is 12.5. The van der Waals surface area contributed by atoms with Crippen LogP contribution < -0.4 is 5.30 Å². The van der Waals surface area contributed by atoms with Crippen molar-refractivity contribution in [3.05, 3.63) is 30.3 Å². The molecule has 15 heavy (non-hydrogen) atoms. The number of benzene rings is 1. The molecule has 0 saturated carbocycles. The minimum Gasteiger partial charge on any atom is -0.318 e. The first-order valence-corrected chi connectivity index (χ1v) is 8.39. The summed E-state index contributed by atoms with van der Waals surface area (Å²) in [6.45, 7) is 1.77. The van der Waals surface area contributed by atoms with Gasteiger partial charge in [-0.25, -0.2) is 0 Å². The molecule has 0 amide bonds. The van der Waals surface area contributed by atoms with Crippen molar-refractivity contribution < 1.29 is 9.09 Å². The number of hydrogen-bond donors (Lipinski definition) is 0. The zero-order valence-electron chi connectivity index (χ0n) is 9.18. The molecule has 0 aliphatic rings. The predicted octanol–water partition coefficient (Wildman–Crippen LogP) is 3.68. The van der Waals surface area contributed by atoms with Gasteiger partial charge in [-0.1, -0.05) is 36.5 Å². The minimum absolute atomic E-state index is 0.489. The Hall–Kier alpha value is -0.240. The molecule has 1 atom stereocenters. The molecule has 0 saturated heterocycles. The summed E-state index contributed by atoms with van der Waals surface area (Å²) in [7, 11) is 0. The van der Waals surface area contributed by atoms with Crippen molar-refractivity contribution in [3.8, 4) is 0 Å². The molecule has 84 valence electrons. The van der Waals surface area contributed by atoms with Gasteiger partial charge in [0.2, 0.25) is 0 Å². The molecular formula is C11H17O2PS. The molecule has 1 unspecified atom stereocenters. The Labute approximate surface area is 95.6 Å². The van der Waals surface area contributed by atoms with Crippen LogP contribution in [0.4, 0.5) is 0 Å². The van der Waals surface area contributed by atoms with Crippen molar-refractivity contribution in [2.75, 3.05) is 12.4 Å². The zero-order chi connectivity index (χ0) is 11.1. The smallest absolute Gasteiger partial charge is 0.287 e. The lowest BCUT2D eigenvalue weighted by molar-refractivity contribution is 0.353. The molecule has 0 spiro atoms. The molecule has 0 aliphatic heterocycles. The Bertz CT molecular complexity index is 327. The highest BCUT2D eigenvalue weighted by Gasteiger charge is 2.25. The van der Waals surface area contributed by atoms with Crippen LogP contribution in [0.2, 0.25) is 0 Å². The van der Waals surface area contributed by atoms with Crippen LogP contribution in [0, 0.1) is 0 Å². The standard InChI is InChI=1S/C11H17O2PS/c1-3-10-15-14(12,13-4-2)11-8-6-5-7-9-11/h5-9H,3-4,10H2,1-2H3. The second-order valence-electron chi connectivity index (χ2n) is 3.08. The van der Waals surface area contributed by atoms with Crippen LogP contribution >= 0.6 is 18.0 Å². The molecule has 1 rings (SSSR count).